The summed E-state index contributed by atoms with van der Waals surface area (Å²) in [6.07, 6.45) is -1.22. The summed E-state index contributed by atoms with van der Waals surface area (Å²) in [5.41, 5.74) is 0.778. The third kappa shape index (κ3) is 4.51. The second-order valence-corrected chi connectivity index (χ2v) is 7.67. The van der Waals surface area contributed by atoms with Crippen LogP contribution >= 0.6 is 11.3 Å². The molecule has 9 heteroatoms. The van der Waals surface area contributed by atoms with Gasteiger partial charge in [-0.3, -0.25) is 14.7 Å². The number of rotatable bonds is 5. The Labute approximate surface area is 179 Å². The van der Waals surface area contributed by atoms with Gasteiger partial charge < -0.3 is 4.74 Å². The smallest absolute Gasteiger partial charge is 0.416 e. The highest BCUT2D eigenvalue weighted by Crippen LogP contribution is 2.34. The molecule has 158 valence electrons. The lowest BCUT2D eigenvalue weighted by atomic mass is 10.1. The Kier molecular flexibility index (Phi) is 5.60. The molecule has 2 aromatic carbocycles. The van der Waals surface area contributed by atoms with E-state index in [-0.39, 0.29) is 12.1 Å². The number of anilines is 1. The standard InChI is InChI=1S/C22H16F3N3O2S/c1-30-17-8-9-18-19(11-17)31-21(27-18)28(13-14-3-2-10-26-12-14)20(29)15-4-6-16(7-5-15)22(23,24)25/h2-12H,13H2,1H3. The number of halogens is 3. The van der Waals surface area contributed by atoms with Crippen molar-refractivity contribution >= 4 is 32.6 Å². The van der Waals surface area contributed by atoms with Crippen molar-refractivity contribution in [2.75, 3.05) is 12.0 Å². The molecular weight excluding hydrogens is 427 g/mol. The molecule has 0 N–H and O–H groups in total. The minimum Gasteiger partial charge on any atom is -0.497 e. The lowest BCUT2D eigenvalue weighted by molar-refractivity contribution is -0.137. The molecule has 4 aromatic rings. The van der Waals surface area contributed by atoms with Crippen LogP contribution in [0.3, 0.4) is 0 Å². The van der Waals surface area contributed by atoms with E-state index >= 15 is 0 Å². The number of pyridine rings is 1. The number of carbonyl (C=O) groups excluding carboxylic acids is 1. The van der Waals surface area contributed by atoms with Crippen molar-refractivity contribution in [3.63, 3.8) is 0 Å². The first-order chi connectivity index (χ1) is 14.8. The number of nitrogens with zero attached hydrogens (tertiary/aromatic N) is 3. The molecule has 0 saturated carbocycles. The molecule has 2 heterocycles. The minimum atomic E-state index is -4.47. The Hall–Kier alpha value is -3.46. The fourth-order valence-electron chi connectivity index (χ4n) is 2.99. The van der Waals surface area contributed by atoms with Crippen molar-refractivity contribution in [2.45, 2.75) is 12.7 Å². The first-order valence-electron chi connectivity index (χ1n) is 9.18. The van der Waals surface area contributed by atoms with E-state index in [0.29, 0.717) is 16.4 Å². The molecule has 0 unspecified atom stereocenters. The second-order valence-electron chi connectivity index (χ2n) is 6.66. The van der Waals surface area contributed by atoms with Crippen LogP contribution in [0.25, 0.3) is 10.2 Å². The molecule has 0 saturated heterocycles. The summed E-state index contributed by atoms with van der Waals surface area (Å²) in [7, 11) is 1.56. The second kappa shape index (κ2) is 8.35. The van der Waals surface area contributed by atoms with Gasteiger partial charge in [0.25, 0.3) is 5.91 Å². The van der Waals surface area contributed by atoms with E-state index < -0.39 is 17.6 Å². The van der Waals surface area contributed by atoms with Crippen molar-refractivity contribution in [3.05, 3.63) is 83.7 Å². The van der Waals surface area contributed by atoms with Gasteiger partial charge in [-0.2, -0.15) is 13.2 Å². The van der Waals surface area contributed by atoms with E-state index in [1.165, 1.54) is 28.4 Å². The van der Waals surface area contributed by atoms with Crippen LogP contribution in [0.4, 0.5) is 18.3 Å². The predicted molar refractivity (Wildman–Crippen MR) is 112 cm³/mol. The van der Waals surface area contributed by atoms with Crippen molar-refractivity contribution < 1.29 is 22.7 Å². The summed E-state index contributed by atoms with van der Waals surface area (Å²) in [5, 5.41) is 0.428. The number of fused-ring (bicyclic) bond motifs is 1. The molecule has 5 nitrogen and oxygen atoms in total. The Morgan fingerprint density at radius 3 is 2.55 bits per heavy atom. The number of aromatic nitrogens is 2. The Morgan fingerprint density at radius 2 is 1.90 bits per heavy atom. The molecule has 31 heavy (non-hydrogen) atoms. The molecule has 0 atom stereocenters. The van der Waals surface area contributed by atoms with E-state index in [4.69, 9.17) is 4.74 Å². The quantitative estimate of drug-likeness (QED) is 0.405. The van der Waals surface area contributed by atoms with Crippen LogP contribution in [-0.4, -0.2) is 23.0 Å². The molecule has 0 aliphatic carbocycles. The van der Waals surface area contributed by atoms with Gasteiger partial charge in [-0.15, -0.1) is 0 Å². The summed E-state index contributed by atoms with van der Waals surface area (Å²) in [5.74, 6) is 0.208. The number of benzene rings is 2. The molecule has 2 aromatic heterocycles. The molecule has 0 bridgehead atoms. The van der Waals surface area contributed by atoms with Gasteiger partial charge in [-0.05, 0) is 54.1 Å². The number of thiazole rings is 1. The number of ether oxygens (including phenoxy) is 1. The Bertz CT molecular complexity index is 1210. The molecular formula is C22H16F3N3O2S. The maximum atomic E-state index is 13.3. The Morgan fingerprint density at radius 1 is 1.13 bits per heavy atom. The highest BCUT2D eigenvalue weighted by molar-refractivity contribution is 7.22. The summed E-state index contributed by atoms with van der Waals surface area (Å²) in [4.78, 5) is 23.3. The van der Waals surface area contributed by atoms with E-state index in [2.05, 4.69) is 9.97 Å². The fourth-order valence-corrected chi connectivity index (χ4v) is 3.99. The van der Waals surface area contributed by atoms with Crippen LogP contribution in [0.5, 0.6) is 5.75 Å². The van der Waals surface area contributed by atoms with Gasteiger partial charge in [-0.25, -0.2) is 4.98 Å². The highest BCUT2D eigenvalue weighted by atomic mass is 32.1. The first kappa shape index (κ1) is 20.8. The molecule has 0 fully saturated rings. The molecule has 0 radical (unpaired) electrons. The molecule has 4 rings (SSSR count). The van der Waals surface area contributed by atoms with Gasteiger partial charge in [0.05, 0.1) is 29.4 Å². The zero-order valence-electron chi connectivity index (χ0n) is 16.3. The molecule has 0 spiro atoms. The topological polar surface area (TPSA) is 55.3 Å². The van der Waals surface area contributed by atoms with Crippen LogP contribution in [0, 0.1) is 0 Å². The SMILES string of the molecule is COc1ccc2nc(N(Cc3cccnc3)C(=O)c3ccc(C(F)(F)F)cc3)sc2c1. The summed E-state index contributed by atoms with van der Waals surface area (Å²) in [6.45, 7) is 0.171. The van der Waals surface area contributed by atoms with Crippen LogP contribution < -0.4 is 9.64 Å². The monoisotopic (exact) mass is 443 g/mol. The number of carbonyl (C=O) groups is 1. The third-order valence-corrected chi connectivity index (χ3v) is 5.62. The van der Waals surface area contributed by atoms with Crippen LogP contribution in [0.15, 0.2) is 67.0 Å². The normalized spacial score (nSPS) is 11.5. The van der Waals surface area contributed by atoms with Gasteiger partial charge in [0.15, 0.2) is 5.13 Å². The van der Waals surface area contributed by atoms with Gasteiger partial charge in [0.1, 0.15) is 5.75 Å². The summed E-state index contributed by atoms with van der Waals surface area (Å²) in [6, 6.07) is 13.1. The van der Waals surface area contributed by atoms with Gasteiger partial charge in [0.2, 0.25) is 0 Å². The molecule has 0 aliphatic heterocycles. The first-order valence-corrected chi connectivity index (χ1v) is 9.99. The largest absolute Gasteiger partial charge is 0.497 e. The lowest BCUT2D eigenvalue weighted by Gasteiger charge is -2.20. The number of amides is 1. The maximum Gasteiger partial charge on any atom is 0.416 e. The van der Waals surface area contributed by atoms with E-state index in [9.17, 15) is 18.0 Å². The number of alkyl halides is 3. The lowest BCUT2D eigenvalue weighted by Crippen LogP contribution is -2.30. The van der Waals surface area contributed by atoms with Gasteiger partial charge in [0, 0.05) is 18.0 Å². The molecule has 1 amide bonds. The van der Waals surface area contributed by atoms with Crippen LogP contribution in [0.1, 0.15) is 21.5 Å². The van der Waals surface area contributed by atoms with Gasteiger partial charge >= 0.3 is 6.18 Å². The number of hydrogen-bond acceptors (Lipinski definition) is 5. The van der Waals surface area contributed by atoms with Crippen LogP contribution in [-0.2, 0) is 12.7 Å². The average molecular weight is 443 g/mol. The average Bonchev–Trinajstić information content (AvgIpc) is 3.20. The van der Waals surface area contributed by atoms with Crippen molar-refractivity contribution in [1.29, 1.82) is 0 Å². The minimum absolute atomic E-state index is 0.133. The maximum absolute atomic E-state index is 13.3. The summed E-state index contributed by atoms with van der Waals surface area (Å²) >= 11 is 1.30. The van der Waals surface area contributed by atoms with E-state index in [0.717, 1.165) is 22.4 Å². The van der Waals surface area contributed by atoms with E-state index in [1.807, 2.05) is 12.1 Å². The molecule has 0 aliphatic rings. The third-order valence-electron chi connectivity index (χ3n) is 4.58. The van der Waals surface area contributed by atoms with Gasteiger partial charge in [-0.1, -0.05) is 17.4 Å². The summed E-state index contributed by atoms with van der Waals surface area (Å²) < 4.78 is 44.7. The Balaban J connectivity index is 1.73. The van der Waals surface area contributed by atoms with Crippen LogP contribution in [0.2, 0.25) is 0 Å². The fraction of sp³-hybridized carbons (Fsp3) is 0.136. The van der Waals surface area contributed by atoms with Crippen molar-refractivity contribution in [2.24, 2.45) is 0 Å². The zero-order valence-corrected chi connectivity index (χ0v) is 17.1. The zero-order chi connectivity index (χ0) is 22.0. The highest BCUT2D eigenvalue weighted by Gasteiger charge is 2.31. The number of methoxy groups -OCH3 is 1. The van der Waals surface area contributed by atoms with E-state index in [1.54, 1.807) is 37.7 Å². The predicted octanol–water partition coefficient (Wildman–Crippen LogP) is 5.57. The number of hydrogen-bond donors (Lipinski definition) is 0. The van der Waals surface area contributed by atoms with Crippen molar-refractivity contribution in [1.82, 2.24) is 9.97 Å². The van der Waals surface area contributed by atoms with Crippen molar-refractivity contribution in [3.8, 4) is 5.75 Å².